The predicted octanol–water partition coefficient (Wildman–Crippen LogP) is 1.29. The minimum absolute atomic E-state index is 0.0717. The van der Waals surface area contributed by atoms with Crippen LogP contribution in [0.5, 0.6) is 0 Å². The van der Waals surface area contributed by atoms with Gasteiger partial charge in [0.2, 0.25) is 15.7 Å². The van der Waals surface area contributed by atoms with Gasteiger partial charge in [-0.05, 0) is 42.8 Å². The summed E-state index contributed by atoms with van der Waals surface area (Å²) < 4.78 is 31.4. The van der Waals surface area contributed by atoms with E-state index < -0.39 is 27.8 Å². The lowest BCUT2D eigenvalue weighted by Crippen LogP contribution is -2.33. The van der Waals surface area contributed by atoms with Gasteiger partial charge in [-0.15, -0.1) is 0 Å². The Balaban J connectivity index is 1.81. The molecule has 0 spiro atoms. The maximum Gasteiger partial charge on any atom is 0.267 e. The molecule has 0 unspecified atom stereocenters. The molecule has 3 rings (SSSR count). The molecule has 3 aromatic rings. The number of nitrogens with one attached hydrogen (secondary N) is 1. The number of carbonyl (C=O) groups excluding carboxylic acids is 1. The van der Waals surface area contributed by atoms with E-state index in [4.69, 9.17) is 4.42 Å². The van der Waals surface area contributed by atoms with E-state index in [1.54, 1.807) is 31.2 Å². The average Bonchev–Trinajstić information content (AvgIpc) is 3.15. The zero-order valence-electron chi connectivity index (χ0n) is 14.5. The molecule has 9 heteroatoms. The van der Waals surface area contributed by atoms with Gasteiger partial charge in [0.05, 0.1) is 17.7 Å². The van der Waals surface area contributed by atoms with Gasteiger partial charge in [0.1, 0.15) is 12.3 Å². The summed E-state index contributed by atoms with van der Waals surface area (Å²) in [5, 5.41) is 6.14. The van der Waals surface area contributed by atoms with E-state index in [0.717, 1.165) is 22.4 Å². The molecule has 1 amide bonds. The van der Waals surface area contributed by atoms with E-state index >= 15 is 0 Å². The Morgan fingerprint density at radius 3 is 2.70 bits per heavy atom. The van der Waals surface area contributed by atoms with Crippen LogP contribution in [0, 0.1) is 6.92 Å². The van der Waals surface area contributed by atoms with Gasteiger partial charge in [-0.2, -0.15) is 5.10 Å². The van der Waals surface area contributed by atoms with Gasteiger partial charge in [0, 0.05) is 6.07 Å². The summed E-state index contributed by atoms with van der Waals surface area (Å²) >= 11 is 0. The molecule has 0 saturated carbocycles. The van der Waals surface area contributed by atoms with Gasteiger partial charge in [-0.3, -0.25) is 9.59 Å². The number of aryl methyl sites for hydroxylation is 1. The standard InChI is InChI=1S/C18H17N3O5S/c1-13-4-2-6-15(10-13)27(24,25)17-7-8-18(23)21(20-17)12-16(22)19-11-14-5-3-9-26-14/h2-10H,11-12H2,1H3,(H,19,22). The largest absolute Gasteiger partial charge is 0.467 e. The van der Waals surface area contributed by atoms with E-state index in [1.165, 1.54) is 18.4 Å². The summed E-state index contributed by atoms with van der Waals surface area (Å²) in [5.74, 6) is 0.0607. The second-order valence-electron chi connectivity index (χ2n) is 5.84. The van der Waals surface area contributed by atoms with Crippen molar-refractivity contribution in [2.75, 3.05) is 0 Å². The van der Waals surface area contributed by atoms with E-state index in [0.29, 0.717) is 5.76 Å². The Labute approximate surface area is 155 Å². The lowest BCUT2D eigenvalue weighted by Gasteiger charge is -2.08. The number of benzene rings is 1. The third kappa shape index (κ3) is 4.32. The first-order valence-electron chi connectivity index (χ1n) is 8.05. The maximum absolute atomic E-state index is 12.7. The van der Waals surface area contributed by atoms with Crippen LogP contribution in [0.25, 0.3) is 0 Å². The molecule has 140 valence electrons. The molecule has 2 aromatic heterocycles. The first-order chi connectivity index (χ1) is 12.9. The fourth-order valence-electron chi connectivity index (χ4n) is 2.38. The zero-order chi connectivity index (χ0) is 19.4. The molecule has 0 fully saturated rings. The molecule has 0 saturated heterocycles. The van der Waals surface area contributed by atoms with E-state index in [1.807, 2.05) is 0 Å². The molecule has 0 atom stereocenters. The van der Waals surface area contributed by atoms with Crippen LogP contribution in [0.2, 0.25) is 0 Å². The normalized spacial score (nSPS) is 11.3. The summed E-state index contributed by atoms with van der Waals surface area (Å²) in [6.45, 7) is 1.52. The topological polar surface area (TPSA) is 111 Å². The third-order valence-electron chi connectivity index (χ3n) is 3.75. The van der Waals surface area contributed by atoms with Crippen molar-refractivity contribution >= 4 is 15.7 Å². The van der Waals surface area contributed by atoms with Crippen LogP contribution in [0.3, 0.4) is 0 Å². The van der Waals surface area contributed by atoms with Gasteiger partial charge in [0.25, 0.3) is 5.56 Å². The van der Waals surface area contributed by atoms with Gasteiger partial charge in [-0.25, -0.2) is 13.1 Å². The quantitative estimate of drug-likeness (QED) is 0.682. The minimum atomic E-state index is -3.90. The highest BCUT2D eigenvalue weighted by Gasteiger charge is 2.21. The molecule has 0 bridgehead atoms. The van der Waals surface area contributed by atoms with Crippen molar-refractivity contribution in [2.24, 2.45) is 0 Å². The van der Waals surface area contributed by atoms with Gasteiger partial charge >= 0.3 is 0 Å². The average molecular weight is 387 g/mol. The third-order valence-corrected chi connectivity index (χ3v) is 5.39. The van der Waals surface area contributed by atoms with Crippen LogP contribution >= 0.6 is 0 Å². The monoisotopic (exact) mass is 387 g/mol. The highest BCUT2D eigenvalue weighted by Crippen LogP contribution is 2.18. The maximum atomic E-state index is 12.7. The second-order valence-corrected chi connectivity index (χ2v) is 7.74. The number of sulfone groups is 1. The van der Waals surface area contributed by atoms with E-state index in [2.05, 4.69) is 10.4 Å². The number of furan rings is 1. The Morgan fingerprint density at radius 2 is 2.00 bits per heavy atom. The van der Waals surface area contributed by atoms with Gasteiger partial charge < -0.3 is 9.73 Å². The molecule has 8 nitrogen and oxygen atoms in total. The second kappa shape index (κ2) is 7.58. The molecule has 0 aliphatic heterocycles. The van der Waals surface area contributed by atoms with Gasteiger partial charge in [0.15, 0.2) is 5.03 Å². The summed E-state index contributed by atoms with van der Waals surface area (Å²) in [4.78, 5) is 24.1. The summed E-state index contributed by atoms with van der Waals surface area (Å²) in [5.41, 5.74) is 0.202. The molecular weight excluding hydrogens is 370 g/mol. The number of nitrogens with zero attached hydrogens (tertiary/aromatic N) is 2. The van der Waals surface area contributed by atoms with Gasteiger partial charge in [-0.1, -0.05) is 12.1 Å². The highest BCUT2D eigenvalue weighted by atomic mass is 32.2. The van der Waals surface area contributed by atoms with Crippen LogP contribution in [0.1, 0.15) is 11.3 Å². The Morgan fingerprint density at radius 1 is 1.19 bits per heavy atom. The van der Waals surface area contributed by atoms with Crippen LogP contribution in [-0.2, 0) is 27.7 Å². The van der Waals surface area contributed by atoms with Crippen molar-refractivity contribution in [3.8, 4) is 0 Å². The first kappa shape index (κ1) is 18.6. The molecule has 2 heterocycles. The van der Waals surface area contributed by atoms with Crippen LogP contribution in [0.15, 0.2) is 73.9 Å². The van der Waals surface area contributed by atoms with Crippen molar-refractivity contribution < 1.29 is 17.6 Å². The fourth-order valence-corrected chi connectivity index (χ4v) is 3.67. The van der Waals surface area contributed by atoms with Crippen molar-refractivity contribution in [3.63, 3.8) is 0 Å². The molecule has 27 heavy (non-hydrogen) atoms. The minimum Gasteiger partial charge on any atom is -0.467 e. The Hall–Kier alpha value is -3.20. The Bertz CT molecular complexity index is 1120. The van der Waals surface area contributed by atoms with Crippen molar-refractivity contribution in [1.29, 1.82) is 0 Å². The van der Waals surface area contributed by atoms with Crippen LogP contribution < -0.4 is 10.9 Å². The molecule has 0 aliphatic carbocycles. The molecular formula is C18H17N3O5S. The number of aromatic nitrogens is 2. The van der Waals surface area contributed by atoms with E-state index in [9.17, 15) is 18.0 Å². The molecule has 1 N–H and O–H groups in total. The number of amides is 1. The summed E-state index contributed by atoms with van der Waals surface area (Å²) in [7, 11) is -3.90. The highest BCUT2D eigenvalue weighted by molar-refractivity contribution is 7.91. The summed E-state index contributed by atoms with van der Waals surface area (Å²) in [6, 6.07) is 12.0. The SMILES string of the molecule is Cc1cccc(S(=O)(=O)c2ccc(=O)n(CC(=O)NCc3ccco3)n2)c1. The van der Waals surface area contributed by atoms with Crippen molar-refractivity contribution in [1.82, 2.24) is 15.1 Å². The number of rotatable bonds is 6. The van der Waals surface area contributed by atoms with Crippen LogP contribution in [-0.4, -0.2) is 24.1 Å². The van der Waals surface area contributed by atoms with Crippen molar-refractivity contribution in [3.05, 3.63) is 76.5 Å². The number of hydrogen-bond acceptors (Lipinski definition) is 6. The number of hydrogen-bond donors (Lipinski definition) is 1. The van der Waals surface area contributed by atoms with E-state index in [-0.39, 0.29) is 16.5 Å². The smallest absolute Gasteiger partial charge is 0.267 e. The fraction of sp³-hybridized carbons (Fsp3) is 0.167. The number of carbonyl (C=O) groups is 1. The Kier molecular flexibility index (Phi) is 5.22. The zero-order valence-corrected chi connectivity index (χ0v) is 15.3. The van der Waals surface area contributed by atoms with Crippen molar-refractivity contribution in [2.45, 2.75) is 29.9 Å². The molecule has 0 aliphatic rings. The lowest BCUT2D eigenvalue weighted by molar-refractivity contribution is -0.122. The molecule has 0 radical (unpaired) electrons. The predicted molar refractivity (Wildman–Crippen MR) is 95.7 cm³/mol. The summed E-state index contributed by atoms with van der Waals surface area (Å²) in [6.07, 6.45) is 1.48. The van der Waals surface area contributed by atoms with Crippen LogP contribution in [0.4, 0.5) is 0 Å². The molecule has 1 aromatic carbocycles. The first-order valence-corrected chi connectivity index (χ1v) is 9.53. The lowest BCUT2D eigenvalue weighted by atomic mass is 10.2.